The number of carbonyl (C=O) groups is 1. The highest BCUT2D eigenvalue weighted by molar-refractivity contribution is 5.75. The van der Waals surface area contributed by atoms with Gasteiger partial charge in [0.15, 0.2) is 0 Å². The highest BCUT2D eigenvalue weighted by atomic mass is 16.3. The van der Waals surface area contributed by atoms with Gasteiger partial charge < -0.3 is 5.11 Å². The Morgan fingerprint density at radius 1 is 1.33 bits per heavy atom. The molecule has 0 unspecified atom stereocenters. The van der Waals surface area contributed by atoms with Crippen LogP contribution in [0.1, 0.15) is 52.4 Å². The first-order valence-corrected chi connectivity index (χ1v) is 4.84. The first-order valence-electron chi connectivity index (χ1n) is 4.84. The lowest BCUT2D eigenvalue weighted by atomic mass is 10.1. The van der Waals surface area contributed by atoms with Gasteiger partial charge in [0.05, 0.1) is 6.10 Å². The largest absolute Gasteiger partial charge is 0.393 e. The molecule has 0 aromatic carbocycles. The van der Waals surface area contributed by atoms with Gasteiger partial charge in [-0.15, -0.1) is 0 Å². The number of hydrogen-bond acceptors (Lipinski definition) is 2. The summed E-state index contributed by atoms with van der Waals surface area (Å²) in [6.45, 7) is 3.68. The standard InChI is InChI=1S/C10H20O2/c1-3-4-5-6-7-10(12)8-9(2)11/h10,12H,3-8H2,1-2H3/t10-/m0/s1. The molecule has 0 fully saturated rings. The van der Waals surface area contributed by atoms with E-state index in [2.05, 4.69) is 6.92 Å². The minimum Gasteiger partial charge on any atom is -0.393 e. The normalized spacial score (nSPS) is 12.9. The molecule has 0 aliphatic heterocycles. The van der Waals surface area contributed by atoms with E-state index in [9.17, 15) is 9.90 Å². The van der Waals surface area contributed by atoms with Crippen LogP contribution in [-0.2, 0) is 4.79 Å². The third-order valence-corrected chi connectivity index (χ3v) is 1.91. The second-order valence-corrected chi connectivity index (χ2v) is 3.41. The van der Waals surface area contributed by atoms with Crippen LogP contribution in [0.2, 0.25) is 0 Å². The molecule has 0 aromatic rings. The van der Waals surface area contributed by atoms with Gasteiger partial charge in [-0.1, -0.05) is 32.6 Å². The predicted octanol–water partition coefficient (Wildman–Crippen LogP) is 2.30. The second-order valence-electron chi connectivity index (χ2n) is 3.41. The van der Waals surface area contributed by atoms with E-state index in [1.165, 1.54) is 26.2 Å². The molecule has 2 heteroatoms. The summed E-state index contributed by atoms with van der Waals surface area (Å²) in [5.41, 5.74) is 0. The summed E-state index contributed by atoms with van der Waals surface area (Å²) in [7, 11) is 0. The molecule has 1 N–H and O–H groups in total. The van der Waals surface area contributed by atoms with Crippen molar-refractivity contribution in [2.75, 3.05) is 0 Å². The molecule has 0 rings (SSSR count). The molecular weight excluding hydrogens is 152 g/mol. The molecule has 72 valence electrons. The van der Waals surface area contributed by atoms with Crippen LogP contribution in [0.15, 0.2) is 0 Å². The fraction of sp³-hybridized carbons (Fsp3) is 0.900. The fourth-order valence-electron chi connectivity index (χ4n) is 1.24. The van der Waals surface area contributed by atoms with Crippen molar-refractivity contribution in [3.8, 4) is 0 Å². The zero-order chi connectivity index (χ0) is 9.40. The zero-order valence-corrected chi connectivity index (χ0v) is 8.18. The summed E-state index contributed by atoms with van der Waals surface area (Å²) in [4.78, 5) is 10.6. The quantitative estimate of drug-likeness (QED) is 0.598. The van der Waals surface area contributed by atoms with Crippen molar-refractivity contribution in [3.05, 3.63) is 0 Å². The molecule has 0 aromatic heterocycles. The van der Waals surface area contributed by atoms with Crippen molar-refractivity contribution in [2.24, 2.45) is 0 Å². The summed E-state index contributed by atoms with van der Waals surface area (Å²) < 4.78 is 0. The van der Waals surface area contributed by atoms with E-state index in [1.54, 1.807) is 0 Å². The zero-order valence-electron chi connectivity index (χ0n) is 8.18. The van der Waals surface area contributed by atoms with Crippen molar-refractivity contribution in [2.45, 2.75) is 58.5 Å². The number of rotatable bonds is 7. The first-order chi connectivity index (χ1) is 5.66. The van der Waals surface area contributed by atoms with Crippen LogP contribution < -0.4 is 0 Å². The van der Waals surface area contributed by atoms with E-state index in [1.807, 2.05) is 0 Å². The van der Waals surface area contributed by atoms with E-state index < -0.39 is 6.10 Å². The molecule has 0 bridgehead atoms. The topological polar surface area (TPSA) is 37.3 Å². The molecule has 0 aliphatic carbocycles. The van der Waals surface area contributed by atoms with Crippen LogP contribution in [0.25, 0.3) is 0 Å². The number of carbonyl (C=O) groups excluding carboxylic acids is 1. The monoisotopic (exact) mass is 172 g/mol. The molecule has 0 heterocycles. The Labute approximate surface area is 75.0 Å². The van der Waals surface area contributed by atoms with Crippen LogP contribution in [0.5, 0.6) is 0 Å². The summed E-state index contributed by atoms with van der Waals surface area (Å²) in [6.07, 6.45) is 5.36. The molecule has 2 nitrogen and oxygen atoms in total. The Morgan fingerprint density at radius 2 is 2.00 bits per heavy atom. The molecule has 0 saturated heterocycles. The van der Waals surface area contributed by atoms with Crippen LogP contribution >= 0.6 is 0 Å². The Bertz CT molecular complexity index is 121. The van der Waals surface area contributed by atoms with Gasteiger partial charge in [0.2, 0.25) is 0 Å². The lowest BCUT2D eigenvalue weighted by Gasteiger charge is -2.07. The number of aliphatic hydroxyl groups is 1. The number of unbranched alkanes of at least 4 members (excludes halogenated alkanes) is 3. The van der Waals surface area contributed by atoms with Crippen molar-refractivity contribution >= 4 is 5.78 Å². The fourth-order valence-corrected chi connectivity index (χ4v) is 1.24. The highest BCUT2D eigenvalue weighted by Crippen LogP contribution is 2.07. The van der Waals surface area contributed by atoms with Gasteiger partial charge in [-0.2, -0.15) is 0 Å². The number of ketones is 1. The minimum absolute atomic E-state index is 0.0815. The van der Waals surface area contributed by atoms with E-state index in [0.717, 1.165) is 12.8 Å². The summed E-state index contributed by atoms with van der Waals surface area (Å²) >= 11 is 0. The van der Waals surface area contributed by atoms with E-state index in [4.69, 9.17) is 0 Å². The van der Waals surface area contributed by atoms with Crippen molar-refractivity contribution < 1.29 is 9.90 Å². The van der Waals surface area contributed by atoms with Gasteiger partial charge in [0.1, 0.15) is 5.78 Å². The number of hydrogen-bond donors (Lipinski definition) is 1. The molecule has 0 amide bonds. The molecule has 0 radical (unpaired) electrons. The van der Waals surface area contributed by atoms with Crippen LogP contribution in [-0.4, -0.2) is 17.0 Å². The highest BCUT2D eigenvalue weighted by Gasteiger charge is 2.05. The van der Waals surface area contributed by atoms with Crippen LogP contribution in [0, 0.1) is 0 Å². The molecule has 0 spiro atoms. The average Bonchev–Trinajstić information content (AvgIpc) is 1.97. The lowest BCUT2D eigenvalue weighted by molar-refractivity contribution is -0.118. The Morgan fingerprint density at radius 3 is 2.50 bits per heavy atom. The van der Waals surface area contributed by atoms with Gasteiger partial charge in [0, 0.05) is 6.42 Å². The maximum absolute atomic E-state index is 10.6. The molecule has 1 atom stereocenters. The Kier molecular flexibility index (Phi) is 7.06. The SMILES string of the molecule is CCCCCC[C@H](O)CC(C)=O. The maximum atomic E-state index is 10.6. The van der Waals surface area contributed by atoms with Gasteiger partial charge in [-0.3, -0.25) is 4.79 Å². The Balaban J connectivity index is 3.19. The first kappa shape index (κ1) is 11.6. The van der Waals surface area contributed by atoms with Gasteiger partial charge in [-0.05, 0) is 13.3 Å². The maximum Gasteiger partial charge on any atom is 0.132 e. The minimum atomic E-state index is -0.403. The van der Waals surface area contributed by atoms with Crippen molar-refractivity contribution in [1.82, 2.24) is 0 Å². The summed E-state index contributed by atoms with van der Waals surface area (Å²) in [5.74, 6) is 0.0815. The third-order valence-electron chi connectivity index (χ3n) is 1.91. The lowest BCUT2D eigenvalue weighted by Crippen LogP contribution is -2.10. The van der Waals surface area contributed by atoms with Crippen LogP contribution in [0.4, 0.5) is 0 Å². The third kappa shape index (κ3) is 7.73. The van der Waals surface area contributed by atoms with Gasteiger partial charge >= 0.3 is 0 Å². The van der Waals surface area contributed by atoms with Gasteiger partial charge in [0.25, 0.3) is 0 Å². The average molecular weight is 172 g/mol. The Hall–Kier alpha value is -0.370. The van der Waals surface area contributed by atoms with E-state index in [-0.39, 0.29) is 5.78 Å². The molecule has 0 aliphatic rings. The van der Waals surface area contributed by atoms with E-state index in [0.29, 0.717) is 6.42 Å². The van der Waals surface area contributed by atoms with Crippen molar-refractivity contribution in [3.63, 3.8) is 0 Å². The molecular formula is C10H20O2. The van der Waals surface area contributed by atoms with Crippen LogP contribution in [0.3, 0.4) is 0 Å². The van der Waals surface area contributed by atoms with E-state index >= 15 is 0 Å². The van der Waals surface area contributed by atoms with Gasteiger partial charge in [-0.25, -0.2) is 0 Å². The number of Topliss-reactive ketones (excluding diaryl/α,β-unsaturated/α-hetero) is 1. The van der Waals surface area contributed by atoms with Crippen molar-refractivity contribution in [1.29, 1.82) is 0 Å². The summed E-state index contributed by atoms with van der Waals surface area (Å²) in [5, 5.41) is 9.30. The predicted molar refractivity (Wildman–Crippen MR) is 50.1 cm³/mol. The molecule has 0 saturated carbocycles. The smallest absolute Gasteiger partial charge is 0.132 e. The number of aliphatic hydroxyl groups excluding tert-OH is 1. The second kappa shape index (κ2) is 7.29. The molecule has 12 heavy (non-hydrogen) atoms. The summed E-state index contributed by atoms with van der Waals surface area (Å²) in [6, 6.07) is 0.